The molecular formula is C12H16FNO2. The molecule has 1 aromatic rings. The molecule has 3 nitrogen and oxygen atoms in total. The fourth-order valence-electron chi connectivity index (χ4n) is 2.12. The Bertz CT molecular complexity index is 375. The highest BCUT2D eigenvalue weighted by Gasteiger charge is 2.33. The highest BCUT2D eigenvalue weighted by molar-refractivity contribution is 5.33. The number of benzene rings is 1. The number of aliphatic hydroxyl groups is 1. The van der Waals surface area contributed by atoms with E-state index in [-0.39, 0.29) is 0 Å². The number of hydrogen-bond donors (Lipinski definition) is 2. The van der Waals surface area contributed by atoms with Gasteiger partial charge in [0.2, 0.25) is 0 Å². The van der Waals surface area contributed by atoms with Crippen molar-refractivity contribution in [1.29, 1.82) is 0 Å². The minimum absolute atomic E-state index is 0.348. The Labute approximate surface area is 94.2 Å². The van der Waals surface area contributed by atoms with Crippen molar-refractivity contribution in [2.75, 3.05) is 20.2 Å². The fraction of sp³-hybridized carbons (Fsp3) is 0.500. The second-order valence-corrected chi connectivity index (χ2v) is 4.16. The van der Waals surface area contributed by atoms with E-state index in [1.807, 2.05) is 0 Å². The number of hydrogen-bond acceptors (Lipinski definition) is 3. The molecule has 1 heterocycles. The number of nitrogens with one attached hydrogen (secondary N) is 1. The molecule has 1 atom stereocenters. The molecule has 1 aliphatic heterocycles. The first-order chi connectivity index (χ1) is 7.65. The number of piperidine rings is 1. The maximum atomic E-state index is 13.8. The van der Waals surface area contributed by atoms with Crippen LogP contribution in [0.1, 0.15) is 18.4 Å². The number of halogens is 1. The predicted molar refractivity (Wildman–Crippen MR) is 59.0 cm³/mol. The lowest BCUT2D eigenvalue weighted by molar-refractivity contribution is 0.00904. The molecule has 88 valence electrons. The van der Waals surface area contributed by atoms with Crippen molar-refractivity contribution in [3.8, 4) is 5.75 Å². The molecule has 2 rings (SSSR count). The third-order valence-electron chi connectivity index (χ3n) is 3.04. The van der Waals surface area contributed by atoms with Gasteiger partial charge in [0.1, 0.15) is 17.2 Å². The molecule has 1 aromatic carbocycles. The van der Waals surface area contributed by atoms with Gasteiger partial charge in [-0.15, -0.1) is 0 Å². The lowest BCUT2D eigenvalue weighted by Crippen LogP contribution is -2.43. The quantitative estimate of drug-likeness (QED) is 0.799. The second kappa shape index (κ2) is 4.39. The van der Waals surface area contributed by atoms with Crippen molar-refractivity contribution in [2.24, 2.45) is 0 Å². The van der Waals surface area contributed by atoms with Gasteiger partial charge in [0.25, 0.3) is 0 Å². The van der Waals surface area contributed by atoms with E-state index in [1.54, 1.807) is 12.1 Å². The first kappa shape index (κ1) is 11.4. The first-order valence-corrected chi connectivity index (χ1v) is 5.43. The molecule has 0 bridgehead atoms. The van der Waals surface area contributed by atoms with E-state index in [9.17, 15) is 9.50 Å². The Hall–Kier alpha value is -1.13. The van der Waals surface area contributed by atoms with Crippen LogP contribution in [0.5, 0.6) is 5.75 Å². The minimum Gasteiger partial charge on any atom is -0.497 e. The number of β-amino-alcohol motifs (C(OH)–C–C–N with tert-alkyl or cyclic N) is 1. The van der Waals surface area contributed by atoms with Gasteiger partial charge in [-0.05, 0) is 31.5 Å². The average molecular weight is 225 g/mol. The van der Waals surface area contributed by atoms with Gasteiger partial charge in [-0.2, -0.15) is 0 Å². The van der Waals surface area contributed by atoms with Gasteiger partial charge in [-0.25, -0.2) is 4.39 Å². The Kier molecular flexibility index (Phi) is 3.12. The molecule has 2 N–H and O–H groups in total. The van der Waals surface area contributed by atoms with Crippen LogP contribution in [0.2, 0.25) is 0 Å². The van der Waals surface area contributed by atoms with Gasteiger partial charge in [0.15, 0.2) is 0 Å². The van der Waals surface area contributed by atoms with E-state index in [2.05, 4.69) is 5.32 Å². The van der Waals surface area contributed by atoms with Crippen LogP contribution in [0.15, 0.2) is 18.2 Å². The smallest absolute Gasteiger partial charge is 0.133 e. The van der Waals surface area contributed by atoms with Crippen molar-refractivity contribution in [1.82, 2.24) is 5.32 Å². The third-order valence-corrected chi connectivity index (χ3v) is 3.04. The van der Waals surface area contributed by atoms with Gasteiger partial charge in [-0.3, -0.25) is 0 Å². The number of ether oxygens (including phenoxy) is 1. The van der Waals surface area contributed by atoms with Gasteiger partial charge in [0.05, 0.1) is 7.11 Å². The monoisotopic (exact) mass is 225 g/mol. The molecule has 1 fully saturated rings. The van der Waals surface area contributed by atoms with E-state index in [0.29, 0.717) is 24.3 Å². The molecule has 1 saturated heterocycles. The van der Waals surface area contributed by atoms with Crippen LogP contribution >= 0.6 is 0 Å². The average Bonchev–Trinajstić information content (AvgIpc) is 2.29. The highest BCUT2D eigenvalue weighted by atomic mass is 19.1. The predicted octanol–water partition coefficient (Wildman–Crippen LogP) is 1.41. The normalized spacial score (nSPS) is 25.4. The summed E-state index contributed by atoms with van der Waals surface area (Å²) in [4.78, 5) is 0. The third kappa shape index (κ3) is 2.03. The molecule has 0 aliphatic carbocycles. The lowest BCUT2D eigenvalue weighted by atomic mass is 9.86. The summed E-state index contributed by atoms with van der Waals surface area (Å²) in [6.07, 6.45) is 1.44. The molecule has 0 amide bonds. The second-order valence-electron chi connectivity index (χ2n) is 4.16. The summed E-state index contributed by atoms with van der Waals surface area (Å²) in [6, 6.07) is 4.58. The number of methoxy groups -OCH3 is 1. The van der Waals surface area contributed by atoms with E-state index in [0.717, 1.165) is 13.0 Å². The molecule has 1 aliphatic rings. The molecular weight excluding hydrogens is 209 g/mol. The molecule has 0 spiro atoms. The highest BCUT2D eigenvalue weighted by Crippen LogP contribution is 2.31. The van der Waals surface area contributed by atoms with Crippen molar-refractivity contribution in [3.63, 3.8) is 0 Å². The lowest BCUT2D eigenvalue weighted by Gasteiger charge is -2.33. The Morgan fingerprint density at radius 1 is 1.50 bits per heavy atom. The molecule has 0 saturated carbocycles. The first-order valence-electron chi connectivity index (χ1n) is 5.43. The summed E-state index contributed by atoms with van der Waals surface area (Å²) in [5, 5.41) is 13.4. The Morgan fingerprint density at radius 2 is 2.31 bits per heavy atom. The van der Waals surface area contributed by atoms with Crippen LogP contribution in [-0.4, -0.2) is 25.3 Å². The van der Waals surface area contributed by atoms with Crippen molar-refractivity contribution < 1.29 is 14.2 Å². The summed E-state index contributed by atoms with van der Waals surface area (Å²) >= 11 is 0. The van der Waals surface area contributed by atoms with Crippen LogP contribution in [0.3, 0.4) is 0 Å². The Balaban J connectivity index is 2.32. The summed E-state index contributed by atoms with van der Waals surface area (Å²) in [6.45, 7) is 1.27. The number of rotatable bonds is 2. The van der Waals surface area contributed by atoms with E-state index < -0.39 is 11.4 Å². The standard InChI is InChI=1S/C12H16FNO2/c1-16-9-3-4-10(11(13)7-9)12(15)5-2-6-14-8-12/h3-4,7,14-15H,2,5-6,8H2,1H3. The zero-order valence-corrected chi connectivity index (χ0v) is 9.29. The maximum Gasteiger partial charge on any atom is 0.133 e. The molecule has 16 heavy (non-hydrogen) atoms. The minimum atomic E-state index is -1.09. The zero-order chi connectivity index (χ0) is 11.6. The summed E-state index contributed by atoms with van der Waals surface area (Å²) in [7, 11) is 1.49. The van der Waals surface area contributed by atoms with Crippen LogP contribution in [0.25, 0.3) is 0 Å². The van der Waals surface area contributed by atoms with Crippen molar-refractivity contribution in [2.45, 2.75) is 18.4 Å². The topological polar surface area (TPSA) is 41.5 Å². The summed E-state index contributed by atoms with van der Waals surface area (Å²) in [5.41, 5.74) is -0.741. The van der Waals surface area contributed by atoms with E-state index in [1.165, 1.54) is 13.2 Å². The van der Waals surface area contributed by atoms with Gasteiger partial charge in [0, 0.05) is 18.2 Å². The van der Waals surface area contributed by atoms with Crippen LogP contribution in [0.4, 0.5) is 4.39 Å². The molecule has 1 unspecified atom stereocenters. The largest absolute Gasteiger partial charge is 0.497 e. The SMILES string of the molecule is COc1ccc(C2(O)CCCNC2)c(F)c1. The molecule has 0 aromatic heterocycles. The van der Waals surface area contributed by atoms with Crippen molar-refractivity contribution in [3.05, 3.63) is 29.6 Å². The fourth-order valence-corrected chi connectivity index (χ4v) is 2.12. The zero-order valence-electron chi connectivity index (χ0n) is 9.29. The summed E-state index contributed by atoms with van der Waals surface area (Å²) in [5.74, 6) is 0.0548. The Morgan fingerprint density at radius 3 is 2.88 bits per heavy atom. The maximum absolute atomic E-state index is 13.8. The molecule has 0 radical (unpaired) electrons. The van der Waals surface area contributed by atoms with E-state index in [4.69, 9.17) is 4.74 Å². The van der Waals surface area contributed by atoms with Crippen molar-refractivity contribution >= 4 is 0 Å². The van der Waals surface area contributed by atoms with E-state index >= 15 is 0 Å². The van der Waals surface area contributed by atoms with Crippen LogP contribution in [0, 0.1) is 5.82 Å². The van der Waals surface area contributed by atoms with Crippen LogP contribution in [-0.2, 0) is 5.60 Å². The van der Waals surface area contributed by atoms with Gasteiger partial charge in [-0.1, -0.05) is 0 Å². The summed E-state index contributed by atoms with van der Waals surface area (Å²) < 4.78 is 18.7. The molecule has 4 heteroatoms. The van der Waals surface area contributed by atoms with Gasteiger partial charge >= 0.3 is 0 Å². The van der Waals surface area contributed by atoms with Crippen LogP contribution < -0.4 is 10.1 Å². The van der Waals surface area contributed by atoms with Gasteiger partial charge < -0.3 is 15.2 Å².